The van der Waals surface area contributed by atoms with Crippen molar-refractivity contribution < 1.29 is 0 Å². The van der Waals surface area contributed by atoms with Crippen LogP contribution in [0.3, 0.4) is 0 Å². The lowest BCUT2D eigenvalue weighted by Crippen LogP contribution is -2.47. The monoisotopic (exact) mass is 247 g/mol. The first kappa shape index (κ1) is 12.8. The van der Waals surface area contributed by atoms with E-state index in [9.17, 15) is 0 Å². The molecule has 3 N–H and O–H groups in total. The maximum Gasteiger partial charge on any atom is 0.152 e. The van der Waals surface area contributed by atoms with Crippen LogP contribution in [0.25, 0.3) is 5.52 Å². The molecule has 1 unspecified atom stereocenters. The maximum absolute atomic E-state index is 5.89. The van der Waals surface area contributed by atoms with Gasteiger partial charge in [0.2, 0.25) is 0 Å². The van der Waals surface area contributed by atoms with Crippen molar-refractivity contribution in [2.45, 2.75) is 33.2 Å². The highest BCUT2D eigenvalue weighted by Crippen LogP contribution is 2.23. The summed E-state index contributed by atoms with van der Waals surface area (Å²) in [6.45, 7) is 8.96. The highest BCUT2D eigenvalue weighted by Gasteiger charge is 2.27. The van der Waals surface area contributed by atoms with Gasteiger partial charge in [-0.3, -0.25) is 0 Å². The predicted octanol–water partition coefficient (Wildman–Crippen LogP) is 1.82. The quantitative estimate of drug-likeness (QED) is 0.864. The second-order valence-electron chi connectivity index (χ2n) is 5.29. The minimum atomic E-state index is -0.174. The fourth-order valence-corrected chi connectivity index (χ4v) is 1.84. The van der Waals surface area contributed by atoms with E-state index in [0.717, 1.165) is 17.0 Å². The molecule has 0 amide bonds. The van der Waals surface area contributed by atoms with E-state index in [4.69, 9.17) is 5.73 Å². The van der Waals surface area contributed by atoms with Crippen LogP contribution in [0.5, 0.6) is 0 Å². The Labute approximate surface area is 107 Å². The Kier molecular flexibility index (Phi) is 3.26. The van der Waals surface area contributed by atoms with Crippen LogP contribution in [0.4, 0.5) is 5.82 Å². The molecule has 1 atom stereocenters. The van der Waals surface area contributed by atoms with Gasteiger partial charge in [0.25, 0.3) is 0 Å². The first-order valence-corrected chi connectivity index (χ1v) is 6.25. The zero-order chi connectivity index (χ0) is 13.3. The van der Waals surface area contributed by atoms with Crippen molar-refractivity contribution in [1.82, 2.24) is 14.6 Å². The molecule has 2 heterocycles. The normalized spacial score (nSPS) is 15.0. The number of hydrogen-bond donors (Lipinski definition) is 2. The second-order valence-corrected chi connectivity index (χ2v) is 5.29. The number of aryl methyl sites for hydroxylation is 1. The second kappa shape index (κ2) is 4.57. The third-order valence-corrected chi connectivity index (χ3v) is 3.61. The molecule has 0 saturated heterocycles. The Hall–Kier alpha value is -1.62. The summed E-state index contributed by atoms with van der Waals surface area (Å²) < 4.78 is 1.84. The molecule has 18 heavy (non-hydrogen) atoms. The molecular formula is C13H21N5. The first-order valence-electron chi connectivity index (χ1n) is 6.25. The summed E-state index contributed by atoms with van der Waals surface area (Å²) >= 11 is 0. The molecule has 0 spiro atoms. The first-order chi connectivity index (χ1) is 8.46. The van der Waals surface area contributed by atoms with Gasteiger partial charge in [-0.15, -0.1) is 0 Å². The van der Waals surface area contributed by atoms with Crippen molar-refractivity contribution in [1.29, 1.82) is 0 Å². The Morgan fingerprint density at radius 3 is 2.83 bits per heavy atom. The standard InChI is InChI=1S/C13H21N5/c1-9(2)13(4,8-14)16-12-11-7-10(3)17-18(11)6-5-15-12/h5-7,9H,8,14H2,1-4H3,(H,15,16). The molecule has 0 aliphatic carbocycles. The summed E-state index contributed by atoms with van der Waals surface area (Å²) in [5.74, 6) is 1.24. The van der Waals surface area contributed by atoms with Crippen LogP contribution in [0, 0.1) is 12.8 Å². The molecule has 5 heteroatoms. The highest BCUT2D eigenvalue weighted by molar-refractivity contribution is 5.68. The van der Waals surface area contributed by atoms with E-state index in [2.05, 4.69) is 36.2 Å². The van der Waals surface area contributed by atoms with Crippen molar-refractivity contribution in [2.75, 3.05) is 11.9 Å². The fraction of sp³-hybridized carbons (Fsp3) is 0.538. The molecule has 0 aromatic carbocycles. The number of aromatic nitrogens is 3. The number of fused-ring (bicyclic) bond motifs is 1. The molecule has 0 bridgehead atoms. The van der Waals surface area contributed by atoms with E-state index in [1.807, 2.05) is 23.7 Å². The molecule has 0 radical (unpaired) electrons. The van der Waals surface area contributed by atoms with Crippen LogP contribution < -0.4 is 11.1 Å². The van der Waals surface area contributed by atoms with Crippen molar-refractivity contribution in [3.63, 3.8) is 0 Å². The molecular weight excluding hydrogens is 226 g/mol. The lowest BCUT2D eigenvalue weighted by molar-refractivity contribution is 0.381. The number of anilines is 1. The average molecular weight is 247 g/mol. The van der Waals surface area contributed by atoms with Gasteiger partial charge in [0.1, 0.15) is 5.52 Å². The topological polar surface area (TPSA) is 68.2 Å². The minimum absolute atomic E-state index is 0.174. The molecule has 0 aliphatic heterocycles. The predicted molar refractivity (Wildman–Crippen MR) is 73.6 cm³/mol. The summed E-state index contributed by atoms with van der Waals surface area (Å²) in [7, 11) is 0. The van der Waals surface area contributed by atoms with E-state index in [1.165, 1.54) is 0 Å². The summed E-state index contributed by atoms with van der Waals surface area (Å²) in [6, 6.07) is 2.02. The molecule has 2 rings (SSSR count). The van der Waals surface area contributed by atoms with Crippen molar-refractivity contribution in [2.24, 2.45) is 11.7 Å². The Balaban J connectivity index is 2.42. The minimum Gasteiger partial charge on any atom is -0.362 e. The van der Waals surface area contributed by atoms with Crippen LogP contribution in [-0.2, 0) is 0 Å². The van der Waals surface area contributed by atoms with Gasteiger partial charge >= 0.3 is 0 Å². The van der Waals surface area contributed by atoms with Crippen LogP contribution >= 0.6 is 0 Å². The van der Waals surface area contributed by atoms with E-state index in [-0.39, 0.29) is 5.54 Å². The third-order valence-electron chi connectivity index (χ3n) is 3.61. The van der Waals surface area contributed by atoms with E-state index in [0.29, 0.717) is 12.5 Å². The summed E-state index contributed by atoms with van der Waals surface area (Å²) in [4.78, 5) is 4.41. The molecule has 5 nitrogen and oxygen atoms in total. The summed E-state index contributed by atoms with van der Waals surface area (Å²) in [6.07, 6.45) is 3.60. The zero-order valence-electron chi connectivity index (χ0n) is 11.4. The molecule has 0 saturated carbocycles. The van der Waals surface area contributed by atoms with Gasteiger partial charge in [0, 0.05) is 18.9 Å². The number of nitrogens with zero attached hydrogens (tertiary/aromatic N) is 3. The van der Waals surface area contributed by atoms with Gasteiger partial charge in [-0.2, -0.15) is 5.10 Å². The smallest absolute Gasteiger partial charge is 0.152 e. The van der Waals surface area contributed by atoms with Gasteiger partial charge < -0.3 is 11.1 Å². The molecule has 2 aromatic rings. The van der Waals surface area contributed by atoms with Crippen molar-refractivity contribution in [3.05, 3.63) is 24.2 Å². The van der Waals surface area contributed by atoms with Gasteiger partial charge in [-0.1, -0.05) is 13.8 Å². The van der Waals surface area contributed by atoms with E-state index >= 15 is 0 Å². The van der Waals surface area contributed by atoms with Crippen LogP contribution in [0.1, 0.15) is 26.5 Å². The lowest BCUT2D eigenvalue weighted by Gasteiger charge is -2.34. The van der Waals surface area contributed by atoms with Crippen molar-refractivity contribution >= 4 is 11.3 Å². The lowest BCUT2D eigenvalue weighted by atomic mass is 9.88. The molecule has 2 aromatic heterocycles. The summed E-state index contributed by atoms with van der Waals surface area (Å²) in [5, 5.41) is 7.84. The summed E-state index contributed by atoms with van der Waals surface area (Å²) in [5.41, 5.74) is 7.68. The van der Waals surface area contributed by atoms with Gasteiger partial charge in [-0.05, 0) is 25.8 Å². The SMILES string of the molecule is Cc1cc2c(NC(C)(CN)C(C)C)nccn2n1. The maximum atomic E-state index is 5.89. The number of hydrogen-bond acceptors (Lipinski definition) is 4. The number of nitrogens with one attached hydrogen (secondary N) is 1. The Bertz CT molecular complexity index is 545. The van der Waals surface area contributed by atoms with Gasteiger partial charge in [0.05, 0.1) is 11.2 Å². The third kappa shape index (κ3) is 2.18. The Morgan fingerprint density at radius 2 is 2.22 bits per heavy atom. The highest BCUT2D eigenvalue weighted by atomic mass is 15.2. The fourth-order valence-electron chi connectivity index (χ4n) is 1.84. The molecule has 0 aliphatic rings. The molecule has 98 valence electrons. The number of rotatable bonds is 4. The van der Waals surface area contributed by atoms with Crippen LogP contribution in [-0.4, -0.2) is 26.7 Å². The number of nitrogens with two attached hydrogens (primary N) is 1. The average Bonchev–Trinajstić information content (AvgIpc) is 2.70. The van der Waals surface area contributed by atoms with Crippen LogP contribution in [0.15, 0.2) is 18.5 Å². The largest absolute Gasteiger partial charge is 0.362 e. The van der Waals surface area contributed by atoms with Gasteiger partial charge in [-0.25, -0.2) is 9.50 Å². The Morgan fingerprint density at radius 1 is 1.50 bits per heavy atom. The van der Waals surface area contributed by atoms with Crippen LogP contribution in [0.2, 0.25) is 0 Å². The van der Waals surface area contributed by atoms with Crippen molar-refractivity contribution in [3.8, 4) is 0 Å². The molecule has 0 fully saturated rings. The van der Waals surface area contributed by atoms with E-state index in [1.54, 1.807) is 6.20 Å². The van der Waals surface area contributed by atoms with Gasteiger partial charge in [0.15, 0.2) is 5.82 Å². The van der Waals surface area contributed by atoms with E-state index < -0.39 is 0 Å². The zero-order valence-corrected chi connectivity index (χ0v) is 11.4.